The Morgan fingerprint density at radius 1 is 0.625 bits per heavy atom. The summed E-state index contributed by atoms with van der Waals surface area (Å²) in [5.74, 6) is 13.0. The van der Waals surface area contributed by atoms with Crippen LogP contribution < -0.4 is 0 Å². The van der Waals surface area contributed by atoms with Gasteiger partial charge in [-0.1, -0.05) is 11.8 Å². The lowest BCUT2D eigenvalue weighted by molar-refractivity contribution is 0.568. The third-order valence-corrected chi connectivity index (χ3v) is 1.78. The molecule has 0 aliphatic rings. The molecule has 0 unspecified atom stereocenters. The van der Waals surface area contributed by atoms with Gasteiger partial charge in [-0.2, -0.15) is 0 Å². The molecular formula is C16H26. The van der Waals surface area contributed by atoms with Crippen molar-refractivity contribution >= 4 is 0 Å². The van der Waals surface area contributed by atoms with Crippen LogP contribution >= 0.6 is 0 Å². The fraction of sp³-hybridized carbons (Fsp3) is 0.750. The molecule has 0 bridgehead atoms. The highest BCUT2D eigenvalue weighted by molar-refractivity contribution is 5.08. The van der Waals surface area contributed by atoms with Crippen LogP contribution in [0, 0.1) is 34.5 Å². The summed E-state index contributed by atoms with van der Waals surface area (Å²) in [7, 11) is 0. The Morgan fingerprint density at radius 3 is 1.19 bits per heavy atom. The topological polar surface area (TPSA) is 0 Å². The van der Waals surface area contributed by atoms with Crippen molar-refractivity contribution in [2.24, 2.45) is 10.8 Å². The molecule has 0 radical (unpaired) electrons. The predicted molar refractivity (Wildman–Crippen MR) is 72.9 cm³/mol. The minimum absolute atomic E-state index is 0.145. The van der Waals surface area contributed by atoms with E-state index in [2.05, 4.69) is 65.2 Å². The Morgan fingerprint density at radius 2 is 0.938 bits per heavy atom. The number of rotatable bonds is 3. The van der Waals surface area contributed by atoms with Gasteiger partial charge in [-0.3, -0.25) is 0 Å². The Balaban J connectivity index is 3.61. The van der Waals surface area contributed by atoms with Crippen LogP contribution in [0.25, 0.3) is 0 Å². The maximum absolute atomic E-state index is 3.25. The van der Waals surface area contributed by atoms with Gasteiger partial charge in [0, 0.05) is 23.7 Å². The van der Waals surface area contributed by atoms with Gasteiger partial charge in [0.1, 0.15) is 0 Å². The van der Waals surface area contributed by atoms with Crippen molar-refractivity contribution in [2.45, 2.75) is 67.2 Å². The molecule has 0 saturated carbocycles. The molecule has 0 atom stereocenters. The molecule has 0 aromatic carbocycles. The highest BCUT2D eigenvalue weighted by Crippen LogP contribution is 2.11. The average Bonchev–Trinajstić information content (AvgIpc) is 2.06. The minimum atomic E-state index is 0.145. The van der Waals surface area contributed by atoms with Crippen molar-refractivity contribution in [1.82, 2.24) is 0 Å². The molecule has 90 valence electrons. The standard InChI is InChI=1S/C16H26/c1-15(2,3)13-11-9-7-8-10-12-14-16(4,5)6/h7-10H2,1-6H3. The van der Waals surface area contributed by atoms with Gasteiger partial charge in [0.15, 0.2) is 0 Å². The van der Waals surface area contributed by atoms with Crippen LogP contribution in [0.15, 0.2) is 0 Å². The number of hydrogen-bond acceptors (Lipinski definition) is 0. The Bertz CT molecular complexity index is 264. The monoisotopic (exact) mass is 218 g/mol. The highest BCUT2D eigenvalue weighted by atomic mass is 14.1. The van der Waals surface area contributed by atoms with Crippen LogP contribution in [0.4, 0.5) is 0 Å². The van der Waals surface area contributed by atoms with Gasteiger partial charge in [0.05, 0.1) is 0 Å². The number of unbranched alkanes of at least 4 members (excludes halogenated alkanes) is 3. The van der Waals surface area contributed by atoms with Crippen LogP contribution in [-0.4, -0.2) is 0 Å². The molecule has 16 heavy (non-hydrogen) atoms. The summed E-state index contributed by atoms with van der Waals surface area (Å²) in [6.07, 6.45) is 4.35. The summed E-state index contributed by atoms with van der Waals surface area (Å²) in [6.45, 7) is 12.9. The zero-order chi connectivity index (χ0) is 12.7. The average molecular weight is 218 g/mol. The zero-order valence-electron chi connectivity index (χ0n) is 11.8. The second kappa shape index (κ2) is 6.65. The van der Waals surface area contributed by atoms with Crippen molar-refractivity contribution in [3.05, 3.63) is 0 Å². The van der Waals surface area contributed by atoms with Crippen LogP contribution in [0.1, 0.15) is 67.2 Å². The maximum Gasteiger partial charge on any atom is 0.0230 e. The summed E-state index contributed by atoms with van der Waals surface area (Å²) in [5.41, 5.74) is 0.290. The lowest BCUT2D eigenvalue weighted by Crippen LogP contribution is -1.99. The van der Waals surface area contributed by atoms with E-state index in [0.29, 0.717) is 0 Å². The fourth-order valence-corrected chi connectivity index (χ4v) is 1.08. The molecule has 0 aromatic heterocycles. The quantitative estimate of drug-likeness (QED) is 0.478. The summed E-state index contributed by atoms with van der Waals surface area (Å²) in [5, 5.41) is 0. The molecular weight excluding hydrogens is 192 g/mol. The summed E-state index contributed by atoms with van der Waals surface area (Å²) < 4.78 is 0. The van der Waals surface area contributed by atoms with Gasteiger partial charge in [-0.15, -0.1) is 11.8 Å². The molecule has 0 nitrogen and oxygen atoms in total. The maximum atomic E-state index is 3.25. The number of hydrogen-bond donors (Lipinski definition) is 0. The predicted octanol–water partition coefficient (Wildman–Crippen LogP) is 4.65. The van der Waals surface area contributed by atoms with E-state index < -0.39 is 0 Å². The van der Waals surface area contributed by atoms with Gasteiger partial charge in [-0.05, 0) is 54.4 Å². The summed E-state index contributed by atoms with van der Waals surface area (Å²) in [4.78, 5) is 0. The molecule has 0 heterocycles. The summed E-state index contributed by atoms with van der Waals surface area (Å²) in [6, 6.07) is 0. The van der Waals surface area contributed by atoms with E-state index >= 15 is 0 Å². The smallest absolute Gasteiger partial charge is 0.0230 e. The fourth-order valence-electron chi connectivity index (χ4n) is 1.08. The molecule has 0 aliphatic heterocycles. The normalized spacial score (nSPS) is 11.1. The Hall–Kier alpha value is -0.880. The molecule has 0 saturated heterocycles. The molecule has 0 N–H and O–H groups in total. The van der Waals surface area contributed by atoms with Crippen LogP contribution in [0.3, 0.4) is 0 Å². The van der Waals surface area contributed by atoms with Crippen LogP contribution in [-0.2, 0) is 0 Å². The van der Waals surface area contributed by atoms with E-state index in [0.717, 1.165) is 12.8 Å². The van der Waals surface area contributed by atoms with Crippen molar-refractivity contribution in [1.29, 1.82) is 0 Å². The molecule has 0 rings (SSSR count). The second-order valence-electron chi connectivity index (χ2n) is 6.31. The van der Waals surface area contributed by atoms with E-state index in [1.807, 2.05) is 0 Å². The van der Waals surface area contributed by atoms with Gasteiger partial charge >= 0.3 is 0 Å². The first-order valence-corrected chi connectivity index (χ1v) is 6.21. The lowest BCUT2D eigenvalue weighted by Gasteiger charge is -2.07. The van der Waals surface area contributed by atoms with E-state index in [1.54, 1.807) is 0 Å². The van der Waals surface area contributed by atoms with E-state index in [4.69, 9.17) is 0 Å². The van der Waals surface area contributed by atoms with E-state index in [-0.39, 0.29) is 10.8 Å². The van der Waals surface area contributed by atoms with Crippen molar-refractivity contribution in [3.63, 3.8) is 0 Å². The minimum Gasteiger partial charge on any atom is -0.103 e. The molecule has 0 spiro atoms. The van der Waals surface area contributed by atoms with Crippen molar-refractivity contribution in [2.75, 3.05) is 0 Å². The summed E-state index contributed by atoms with van der Waals surface area (Å²) >= 11 is 0. The zero-order valence-corrected chi connectivity index (χ0v) is 11.8. The van der Waals surface area contributed by atoms with Crippen molar-refractivity contribution < 1.29 is 0 Å². The van der Waals surface area contributed by atoms with E-state index in [9.17, 15) is 0 Å². The first-order valence-electron chi connectivity index (χ1n) is 6.21. The van der Waals surface area contributed by atoms with E-state index in [1.165, 1.54) is 12.8 Å². The third-order valence-electron chi connectivity index (χ3n) is 1.78. The van der Waals surface area contributed by atoms with Gasteiger partial charge in [0.2, 0.25) is 0 Å². The molecule has 0 amide bonds. The van der Waals surface area contributed by atoms with Crippen molar-refractivity contribution in [3.8, 4) is 23.7 Å². The van der Waals surface area contributed by atoms with Crippen LogP contribution in [0.2, 0.25) is 0 Å². The lowest BCUT2D eigenvalue weighted by atomic mass is 9.97. The third kappa shape index (κ3) is 13.1. The van der Waals surface area contributed by atoms with Crippen LogP contribution in [0.5, 0.6) is 0 Å². The highest BCUT2D eigenvalue weighted by Gasteiger charge is 2.03. The van der Waals surface area contributed by atoms with Gasteiger partial charge in [0.25, 0.3) is 0 Å². The molecule has 0 aromatic rings. The SMILES string of the molecule is CC(C)(C)C#CCCCCC#CC(C)(C)C. The van der Waals surface area contributed by atoms with Gasteiger partial charge < -0.3 is 0 Å². The second-order valence-corrected chi connectivity index (χ2v) is 6.31. The molecule has 0 aliphatic carbocycles. The molecule has 0 fully saturated rings. The first-order chi connectivity index (χ1) is 7.21. The molecule has 0 heteroatoms. The Labute approximate surface area is 102 Å². The first kappa shape index (κ1) is 15.1. The van der Waals surface area contributed by atoms with Gasteiger partial charge in [-0.25, -0.2) is 0 Å². The largest absolute Gasteiger partial charge is 0.103 e. The Kier molecular flexibility index (Phi) is 6.28.